The molecule has 0 N–H and O–H groups in total. The Morgan fingerprint density at radius 1 is 1.33 bits per heavy atom. The fourth-order valence-corrected chi connectivity index (χ4v) is 3.29. The summed E-state index contributed by atoms with van der Waals surface area (Å²) in [6, 6.07) is 0. The third-order valence-electron chi connectivity index (χ3n) is 3.18. The lowest BCUT2D eigenvalue weighted by molar-refractivity contribution is 0.0370. The predicted octanol–water partition coefficient (Wildman–Crippen LogP) is 2.74. The van der Waals surface area contributed by atoms with Crippen LogP contribution >= 0.6 is 11.8 Å². The molecule has 1 saturated heterocycles. The monoisotopic (exact) mass is 271 g/mol. The summed E-state index contributed by atoms with van der Waals surface area (Å²) in [5, 5.41) is 0.216. The van der Waals surface area contributed by atoms with Gasteiger partial charge in [-0.2, -0.15) is 0 Å². The molecule has 0 amide bonds. The van der Waals surface area contributed by atoms with Crippen LogP contribution < -0.4 is 0 Å². The Balaban J connectivity index is 2.59. The van der Waals surface area contributed by atoms with Crippen molar-refractivity contribution >= 4 is 17.7 Å². The Labute approximate surface area is 115 Å². The summed E-state index contributed by atoms with van der Waals surface area (Å²) < 4.78 is 5.38. The van der Waals surface area contributed by atoms with Crippen molar-refractivity contribution in [3.05, 3.63) is 5.57 Å². The lowest BCUT2D eigenvalue weighted by atomic mass is 10.1. The molecule has 0 aromatic heterocycles. The van der Waals surface area contributed by atoms with Crippen LogP contribution in [0.4, 0.5) is 0 Å². The van der Waals surface area contributed by atoms with Gasteiger partial charge in [0.25, 0.3) is 0 Å². The van der Waals surface area contributed by atoms with Crippen molar-refractivity contribution in [3.63, 3.8) is 0 Å². The molecule has 1 aliphatic rings. The molecule has 18 heavy (non-hydrogen) atoms. The fraction of sp³-hybridized carbons (Fsp3) is 0.857. The Morgan fingerprint density at radius 2 is 2.06 bits per heavy atom. The Morgan fingerprint density at radius 3 is 2.61 bits per heavy atom. The van der Waals surface area contributed by atoms with Gasteiger partial charge >= 0.3 is 0 Å². The van der Waals surface area contributed by atoms with Gasteiger partial charge in [-0.15, -0.1) is 11.8 Å². The quantitative estimate of drug-likeness (QED) is 0.501. The molecule has 0 aromatic rings. The predicted molar refractivity (Wildman–Crippen MR) is 77.7 cm³/mol. The lowest BCUT2D eigenvalue weighted by Crippen LogP contribution is -2.43. The smallest absolute Gasteiger partial charge is 0.126 e. The van der Waals surface area contributed by atoms with E-state index in [0.29, 0.717) is 0 Å². The number of rotatable bonds is 8. The molecule has 1 fully saturated rings. The number of unbranched alkanes of at least 4 members (excludes halogenated alkanes) is 2. The molecule has 0 spiro atoms. The number of nitrogens with zero attached hydrogens (tertiary/aromatic N) is 1. The first-order valence-electron chi connectivity index (χ1n) is 7.00. The van der Waals surface area contributed by atoms with Crippen molar-refractivity contribution in [2.75, 3.05) is 32.1 Å². The Kier molecular flexibility index (Phi) is 8.44. The van der Waals surface area contributed by atoms with Crippen molar-refractivity contribution in [3.8, 4) is 0 Å². The van der Waals surface area contributed by atoms with Gasteiger partial charge in [0.15, 0.2) is 0 Å². The summed E-state index contributed by atoms with van der Waals surface area (Å²) in [5.41, 5.74) is 0.942. The third kappa shape index (κ3) is 5.15. The highest BCUT2D eigenvalue weighted by Crippen LogP contribution is 2.26. The molecule has 3 nitrogen and oxygen atoms in total. The molecule has 1 unspecified atom stereocenters. The second kappa shape index (κ2) is 9.62. The van der Waals surface area contributed by atoms with E-state index in [1.54, 1.807) is 0 Å². The summed E-state index contributed by atoms with van der Waals surface area (Å²) >= 11 is 1.84. The normalized spacial score (nSPS) is 18.3. The molecule has 1 heterocycles. The van der Waals surface area contributed by atoms with Crippen LogP contribution in [0.25, 0.3) is 0 Å². The zero-order chi connectivity index (χ0) is 13.2. The average Bonchev–Trinajstić information content (AvgIpc) is 2.43. The molecule has 1 atom stereocenters. The van der Waals surface area contributed by atoms with Crippen molar-refractivity contribution < 1.29 is 9.53 Å². The van der Waals surface area contributed by atoms with E-state index in [4.69, 9.17) is 4.74 Å². The van der Waals surface area contributed by atoms with Crippen molar-refractivity contribution in [1.29, 1.82) is 0 Å². The first-order valence-corrected chi connectivity index (χ1v) is 8.05. The van der Waals surface area contributed by atoms with E-state index in [-0.39, 0.29) is 5.37 Å². The Bertz CT molecular complexity index is 271. The van der Waals surface area contributed by atoms with Crippen LogP contribution in [0.15, 0.2) is 5.57 Å². The maximum absolute atomic E-state index is 11.2. The first kappa shape index (κ1) is 15.8. The van der Waals surface area contributed by atoms with Crippen LogP contribution in [0.1, 0.15) is 39.5 Å². The van der Waals surface area contributed by atoms with Crippen LogP contribution in [0, 0.1) is 0 Å². The van der Waals surface area contributed by atoms with Crippen LogP contribution in [-0.2, 0) is 9.53 Å². The second-order valence-corrected chi connectivity index (χ2v) is 5.90. The van der Waals surface area contributed by atoms with Gasteiger partial charge in [-0.05, 0) is 18.6 Å². The molecule has 0 saturated carbocycles. The topological polar surface area (TPSA) is 29.5 Å². The highest BCUT2D eigenvalue weighted by Gasteiger charge is 2.24. The zero-order valence-corrected chi connectivity index (χ0v) is 12.4. The fourth-order valence-electron chi connectivity index (χ4n) is 2.19. The molecule has 0 aliphatic carbocycles. The molecular formula is C14H25NO2S. The molecule has 0 radical (unpaired) electrons. The minimum absolute atomic E-state index is 0.216. The van der Waals surface area contributed by atoms with Gasteiger partial charge in [-0.25, -0.2) is 4.79 Å². The van der Waals surface area contributed by atoms with E-state index in [0.717, 1.165) is 50.5 Å². The summed E-state index contributed by atoms with van der Waals surface area (Å²) in [6.45, 7) is 7.74. The summed E-state index contributed by atoms with van der Waals surface area (Å²) in [5.74, 6) is 3.24. The van der Waals surface area contributed by atoms with E-state index in [2.05, 4.69) is 24.7 Å². The summed E-state index contributed by atoms with van der Waals surface area (Å²) in [6.07, 6.45) is 4.38. The average molecular weight is 271 g/mol. The van der Waals surface area contributed by atoms with Gasteiger partial charge < -0.3 is 4.74 Å². The number of carbonyl (C=O) groups excluding carboxylic acids is 1. The van der Waals surface area contributed by atoms with E-state index in [9.17, 15) is 4.79 Å². The van der Waals surface area contributed by atoms with E-state index in [1.165, 1.54) is 12.8 Å². The summed E-state index contributed by atoms with van der Waals surface area (Å²) in [7, 11) is 0. The lowest BCUT2D eigenvalue weighted by Gasteiger charge is -2.34. The number of ether oxygens (including phenoxy) is 1. The van der Waals surface area contributed by atoms with Gasteiger partial charge in [-0.1, -0.05) is 26.7 Å². The van der Waals surface area contributed by atoms with Crippen LogP contribution in [0.5, 0.6) is 0 Å². The minimum atomic E-state index is 0.216. The van der Waals surface area contributed by atoms with Crippen LogP contribution in [0.3, 0.4) is 0 Å². The van der Waals surface area contributed by atoms with Gasteiger partial charge in [0, 0.05) is 18.7 Å². The number of hydrogen-bond donors (Lipinski definition) is 0. The minimum Gasteiger partial charge on any atom is -0.379 e. The number of hydrogen-bond acceptors (Lipinski definition) is 4. The van der Waals surface area contributed by atoms with Gasteiger partial charge in [0.05, 0.1) is 18.6 Å². The maximum atomic E-state index is 11.2. The molecule has 1 aliphatic heterocycles. The molecule has 104 valence electrons. The van der Waals surface area contributed by atoms with Crippen molar-refractivity contribution in [1.82, 2.24) is 4.90 Å². The highest BCUT2D eigenvalue weighted by atomic mass is 32.2. The number of morpholine rings is 1. The molecule has 0 aromatic carbocycles. The van der Waals surface area contributed by atoms with Crippen molar-refractivity contribution in [2.24, 2.45) is 0 Å². The Hall–Kier alpha value is -0.280. The van der Waals surface area contributed by atoms with Gasteiger partial charge in [-0.3, -0.25) is 4.90 Å². The molecular weight excluding hydrogens is 246 g/mol. The maximum Gasteiger partial charge on any atom is 0.126 e. The van der Waals surface area contributed by atoms with E-state index in [1.807, 2.05) is 11.8 Å². The van der Waals surface area contributed by atoms with E-state index < -0.39 is 0 Å². The second-order valence-electron chi connectivity index (χ2n) is 4.54. The van der Waals surface area contributed by atoms with Crippen LogP contribution in [-0.4, -0.2) is 48.3 Å². The number of thioether (sulfide) groups is 1. The highest BCUT2D eigenvalue weighted by molar-refractivity contribution is 8.00. The third-order valence-corrected chi connectivity index (χ3v) is 4.41. The molecule has 1 rings (SSSR count). The van der Waals surface area contributed by atoms with Crippen molar-refractivity contribution in [2.45, 2.75) is 44.9 Å². The van der Waals surface area contributed by atoms with E-state index >= 15 is 0 Å². The van der Waals surface area contributed by atoms with Gasteiger partial charge in [0.2, 0.25) is 0 Å². The first-order chi connectivity index (χ1) is 8.83. The largest absolute Gasteiger partial charge is 0.379 e. The zero-order valence-electron chi connectivity index (χ0n) is 11.6. The molecule has 0 bridgehead atoms. The van der Waals surface area contributed by atoms with Gasteiger partial charge in [0.1, 0.15) is 5.94 Å². The SMILES string of the molecule is CCCCCC(=C=O)C(SCC)N1CCOCC1. The standard InChI is InChI=1S/C14H25NO2S/c1-3-5-6-7-13(12-16)14(18-4-2)15-8-10-17-11-9-15/h14H,3-11H2,1-2H3. The van der Waals surface area contributed by atoms with Crippen LogP contribution in [0.2, 0.25) is 0 Å². The summed E-state index contributed by atoms with van der Waals surface area (Å²) in [4.78, 5) is 13.6. The molecule has 4 heteroatoms.